The molecule has 17 heavy (non-hydrogen) atoms. The quantitative estimate of drug-likeness (QED) is 0.704. The average Bonchev–Trinajstić information content (AvgIpc) is 2.57. The van der Waals surface area contributed by atoms with Gasteiger partial charge in [-0.3, -0.25) is 0 Å². The van der Waals surface area contributed by atoms with Crippen molar-refractivity contribution >= 4 is 6.09 Å². The molecule has 1 aliphatic heterocycles. The number of carbonyl (C=O) groups excluding carboxylic acids is 1. The van der Waals surface area contributed by atoms with Crippen molar-refractivity contribution in [1.82, 2.24) is 4.90 Å². The summed E-state index contributed by atoms with van der Waals surface area (Å²) in [6.45, 7) is 7.31. The summed E-state index contributed by atoms with van der Waals surface area (Å²) in [7, 11) is 0. The van der Waals surface area contributed by atoms with Crippen LogP contribution >= 0.6 is 0 Å². The normalized spacial score (nSPS) is 33.4. The van der Waals surface area contributed by atoms with Crippen LogP contribution in [-0.4, -0.2) is 35.7 Å². The molecular weight excluding hydrogens is 216 g/mol. The zero-order valence-corrected chi connectivity index (χ0v) is 11.1. The molecule has 0 aromatic rings. The molecule has 2 rings (SSSR count). The fraction of sp³-hybridized carbons (Fsp3) is 0.923. The molecule has 3 atom stereocenters. The Morgan fingerprint density at radius 1 is 1.29 bits per heavy atom. The van der Waals surface area contributed by atoms with Crippen molar-refractivity contribution in [1.29, 1.82) is 0 Å². The summed E-state index contributed by atoms with van der Waals surface area (Å²) in [5.41, 5.74) is 5.69. The lowest BCUT2D eigenvalue weighted by Gasteiger charge is -2.37. The number of amides is 1. The summed E-state index contributed by atoms with van der Waals surface area (Å²) in [6, 6.07) is 0.269. The fourth-order valence-electron chi connectivity index (χ4n) is 2.99. The molecule has 1 amide bonds. The van der Waals surface area contributed by atoms with Crippen LogP contribution in [0.2, 0.25) is 0 Å². The Balaban J connectivity index is 1.93. The molecule has 0 spiro atoms. The minimum Gasteiger partial charge on any atom is -0.444 e. The molecule has 0 aromatic carbocycles. The van der Waals surface area contributed by atoms with Gasteiger partial charge in [-0.05, 0) is 51.9 Å². The molecule has 0 aromatic heterocycles. The van der Waals surface area contributed by atoms with E-state index in [0.717, 1.165) is 31.8 Å². The van der Waals surface area contributed by atoms with Gasteiger partial charge in [0.2, 0.25) is 0 Å². The van der Waals surface area contributed by atoms with Gasteiger partial charge in [-0.1, -0.05) is 0 Å². The molecule has 1 saturated carbocycles. The molecule has 0 unspecified atom stereocenters. The molecule has 1 aliphatic carbocycles. The van der Waals surface area contributed by atoms with E-state index >= 15 is 0 Å². The van der Waals surface area contributed by atoms with Crippen LogP contribution in [0.1, 0.15) is 40.0 Å². The van der Waals surface area contributed by atoms with Crippen molar-refractivity contribution < 1.29 is 9.53 Å². The van der Waals surface area contributed by atoms with Gasteiger partial charge in [0.15, 0.2) is 0 Å². The molecule has 0 radical (unpaired) electrons. The zero-order chi connectivity index (χ0) is 12.6. The van der Waals surface area contributed by atoms with Gasteiger partial charge < -0.3 is 15.4 Å². The lowest BCUT2D eigenvalue weighted by molar-refractivity contribution is 0.0119. The summed E-state index contributed by atoms with van der Waals surface area (Å²) < 4.78 is 5.41. The molecule has 2 N–H and O–H groups in total. The van der Waals surface area contributed by atoms with E-state index in [1.165, 1.54) is 6.42 Å². The lowest BCUT2D eigenvalue weighted by atomic mass is 9.87. The molecular formula is C13H24N2O2. The van der Waals surface area contributed by atoms with Crippen molar-refractivity contribution in [2.45, 2.75) is 51.7 Å². The van der Waals surface area contributed by atoms with Gasteiger partial charge in [0.05, 0.1) is 0 Å². The number of nitrogens with zero attached hydrogens (tertiary/aromatic N) is 1. The number of hydrogen-bond donors (Lipinski definition) is 1. The number of piperidine rings is 1. The van der Waals surface area contributed by atoms with E-state index in [-0.39, 0.29) is 12.1 Å². The van der Waals surface area contributed by atoms with Gasteiger partial charge >= 0.3 is 6.09 Å². The number of ether oxygens (including phenoxy) is 1. The number of fused-ring (bicyclic) bond motifs is 1. The minimum absolute atomic E-state index is 0.185. The predicted octanol–water partition coefficient (Wildman–Crippen LogP) is 1.98. The van der Waals surface area contributed by atoms with Gasteiger partial charge in [0, 0.05) is 19.1 Å². The fourth-order valence-corrected chi connectivity index (χ4v) is 2.99. The van der Waals surface area contributed by atoms with E-state index in [1.807, 2.05) is 25.7 Å². The Labute approximate surface area is 103 Å². The van der Waals surface area contributed by atoms with Crippen LogP contribution in [0.3, 0.4) is 0 Å². The molecule has 2 aliphatic rings. The van der Waals surface area contributed by atoms with Crippen molar-refractivity contribution in [2.24, 2.45) is 17.6 Å². The van der Waals surface area contributed by atoms with E-state index in [1.54, 1.807) is 0 Å². The maximum absolute atomic E-state index is 12.0. The molecule has 1 heterocycles. The summed E-state index contributed by atoms with van der Waals surface area (Å²) in [6.07, 6.45) is 3.23. The molecule has 98 valence electrons. The number of rotatable bonds is 0. The van der Waals surface area contributed by atoms with Gasteiger partial charge in [-0.15, -0.1) is 0 Å². The highest BCUT2D eigenvalue weighted by atomic mass is 16.6. The predicted molar refractivity (Wildman–Crippen MR) is 66.6 cm³/mol. The standard InChI is InChI=1S/C13H24N2O2/c1-13(2,3)17-12(16)15-7-6-9-4-5-11(14)10(9)8-15/h9-11H,4-8,14H2,1-3H3/t9-,10+,11+/m1/s1. The zero-order valence-electron chi connectivity index (χ0n) is 11.1. The third-order valence-corrected chi connectivity index (χ3v) is 3.88. The first-order valence-corrected chi connectivity index (χ1v) is 6.60. The van der Waals surface area contributed by atoms with Crippen LogP contribution in [0.4, 0.5) is 4.79 Å². The van der Waals surface area contributed by atoms with Crippen molar-refractivity contribution in [3.05, 3.63) is 0 Å². The number of nitrogens with two attached hydrogens (primary N) is 1. The van der Waals surface area contributed by atoms with Crippen LogP contribution in [0, 0.1) is 11.8 Å². The summed E-state index contributed by atoms with van der Waals surface area (Å²) >= 11 is 0. The van der Waals surface area contributed by atoms with Crippen molar-refractivity contribution in [3.8, 4) is 0 Å². The monoisotopic (exact) mass is 240 g/mol. The van der Waals surface area contributed by atoms with E-state index in [2.05, 4.69) is 0 Å². The highest BCUT2D eigenvalue weighted by Crippen LogP contribution is 2.37. The Kier molecular flexibility index (Phi) is 3.34. The smallest absolute Gasteiger partial charge is 0.410 e. The Morgan fingerprint density at radius 3 is 2.65 bits per heavy atom. The second kappa shape index (κ2) is 4.48. The Hall–Kier alpha value is -0.770. The van der Waals surface area contributed by atoms with Crippen LogP contribution in [0.5, 0.6) is 0 Å². The van der Waals surface area contributed by atoms with Gasteiger partial charge in [0.25, 0.3) is 0 Å². The molecule has 4 heteroatoms. The Morgan fingerprint density at radius 2 is 2.00 bits per heavy atom. The first kappa shape index (κ1) is 12.7. The lowest BCUT2D eigenvalue weighted by Crippen LogP contribution is -2.48. The Bertz CT molecular complexity index is 298. The highest BCUT2D eigenvalue weighted by Gasteiger charge is 2.40. The maximum Gasteiger partial charge on any atom is 0.410 e. The van der Waals surface area contributed by atoms with Gasteiger partial charge in [-0.25, -0.2) is 4.79 Å². The van der Waals surface area contributed by atoms with Crippen LogP contribution in [0.25, 0.3) is 0 Å². The minimum atomic E-state index is -0.411. The highest BCUT2D eigenvalue weighted by molar-refractivity contribution is 5.68. The maximum atomic E-state index is 12.0. The first-order chi connectivity index (χ1) is 7.87. The van der Waals surface area contributed by atoms with E-state index in [0.29, 0.717) is 5.92 Å². The average molecular weight is 240 g/mol. The second-order valence-electron chi connectivity index (χ2n) is 6.38. The van der Waals surface area contributed by atoms with Gasteiger partial charge in [0.1, 0.15) is 5.60 Å². The largest absolute Gasteiger partial charge is 0.444 e. The third kappa shape index (κ3) is 2.92. The van der Waals surface area contributed by atoms with Crippen molar-refractivity contribution in [2.75, 3.05) is 13.1 Å². The third-order valence-electron chi connectivity index (χ3n) is 3.88. The SMILES string of the molecule is CC(C)(C)OC(=O)N1CC[C@H]2CC[C@H](N)[C@H]2C1. The molecule has 2 fully saturated rings. The topological polar surface area (TPSA) is 55.6 Å². The number of likely N-dealkylation sites (tertiary alicyclic amines) is 1. The van der Waals surface area contributed by atoms with Crippen LogP contribution in [-0.2, 0) is 4.74 Å². The van der Waals surface area contributed by atoms with Gasteiger partial charge in [-0.2, -0.15) is 0 Å². The first-order valence-electron chi connectivity index (χ1n) is 6.60. The van der Waals surface area contributed by atoms with Crippen molar-refractivity contribution in [3.63, 3.8) is 0 Å². The molecule has 4 nitrogen and oxygen atoms in total. The summed E-state index contributed by atoms with van der Waals surface area (Å²) in [5.74, 6) is 1.21. The summed E-state index contributed by atoms with van der Waals surface area (Å²) in [5, 5.41) is 0. The number of hydrogen-bond acceptors (Lipinski definition) is 3. The van der Waals surface area contributed by atoms with E-state index in [4.69, 9.17) is 10.5 Å². The van der Waals surface area contributed by atoms with E-state index < -0.39 is 5.60 Å². The molecule has 1 saturated heterocycles. The summed E-state index contributed by atoms with van der Waals surface area (Å²) in [4.78, 5) is 13.8. The number of carbonyl (C=O) groups is 1. The second-order valence-corrected chi connectivity index (χ2v) is 6.38. The van der Waals surface area contributed by atoms with E-state index in [9.17, 15) is 4.79 Å². The van der Waals surface area contributed by atoms with Crippen LogP contribution < -0.4 is 5.73 Å². The molecule has 0 bridgehead atoms. The van der Waals surface area contributed by atoms with Crippen LogP contribution in [0.15, 0.2) is 0 Å².